The van der Waals surface area contributed by atoms with E-state index in [1.165, 1.54) is 17.0 Å². The van der Waals surface area contributed by atoms with E-state index in [0.717, 1.165) is 5.56 Å². The Morgan fingerprint density at radius 1 is 1.37 bits per heavy atom. The van der Waals surface area contributed by atoms with Gasteiger partial charge < -0.3 is 4.90 Å². The van der Waals surface area contributed by atoms with Crippen LogP contribution in [0.25, 0.3) is 0 Å². The number of aromatic nitrogens is 1. The third kappa shape index (κ3) is 3.38. The van der Waals surface area contributed by atoms with Gasteiger partial charge in [0.05, 0.1) is 5.56 Å². The summed E-state index contributed by atoms with van der Waals surface area (Å²) in [5, 5.41) is 0. The van der Waals surface area contributed by atoms with E-state index >= 15 is 0 Å². The van der Waals surface area contributed by atoms with Crippen molar-refractivity contribution in [2.24, 2.45) is 0 Å². The van der Waals surface area contributed by atoms with Crippen molar-refractivity contribution in [3.05, 3.63) is 64.1 Å². The van der Waals surface area contributed by atoms with Gasteiger partial charge in [-0.25, -0.2) is 9.37 Å². The minimum atomic E-state index is -0.305. The fourth-order valence-corrected chi connectivity index (χ4v) is 2.15. The number of pyridine rings is 1. The SMILES string of the molecule is CN(Cc1cccc(F)c1)C(=O)c1cccnc1Br. The van der Waals surface area contributed by atoms with Crippen molar-refractivity contribution in [2.45, 2.75) is 6.54 Å². The van der Waals surface area contributed by atoms with Gasteiger partial charge in [-0.1, -0.05) is 12.1 Å². The van der Waals surface area contributed by atoms with E-state index < -0.39 is 0 Å². The summed E-state index contributed by atoms with van der Waals surface area (Å²) in [6, 6.07) is 9.61. The van der Waals surface area contributed by atoms with Crippen LogP contribution in [0.1, 0.15) is 15.9 Å². The van der Waals surface area contributed by atoms with Crippen LogP contribution in [-0.4, -0.2) is 22.8 Å². The first-order valence-electron chi connectivity index (χ1n) is 5.68. The second kappa shape index (κ2) is 5.93. The highest BCUT2D eigenvalue weighted by atomic mass is 79.9. The average molecular weight is 323 g/mol. The highest BCUT2D eigenvalue weighted by Gasteiger charge is 2.15. The molecule has 0 unspecified atom stereocenters. The molecule has 3 nitrogen and oxygen atoms in total. The van der Waals surface area contributed by atoms with Crippen molar-refractivity contribution < 1.29 is 9.18 Å². The normalized spacial score (nSPS) is 10.3. The minimum Gasteiger partial charge on any atom is -0.337 e. The molecule has 0 fully saturated rings. The van der Waals surface area contributed by atoms with E-state index in [1.54, 1.807) is 37.5 Å². The van der Waals surface area contributed by atoms with Gasteiger partial charge in [0.15, 0.2) is 0 Å². The van der Waals surface area contributed by atoms with Crippen molar-refractivity contribution in [3.63, 3.8) is 0 Å². The molecule has 1 amide bonds. The predicted octanol–water partition coefficient (Wildman–Crippen LogP) is 3.26. The Morgan fingerprint density at radius 3 is 2.84 bits per heavy atom. The molecule has 19 heavy (non-hydrogen) atoms. The van der Waals surface area contributed by atoms with Crippen LogP contribution in [0.15, 0.2) is 47.2 Å². The lowest BCUT2D eigenvalue weighted by Crippen LogP contribution is -2.26. The molecule has 0 aliphatic heterocycles. The highest BCUT2D eigenvalue weighted by molar-refractivity contribution is 9.10. The number of benzene rings is 1. The second-order valence-corrected chi connectivity index (χ2v) is 4.88. The summed E-state index contributed by atoms with van der Waals surface area (Å²) in [6.45, 7) is 0.345. The number of hydrogen-bond donors (Lipinski definition) is 0. The summed E-state index contributed by atoms with van der Waals surface area (Å²) in [5.74, 6) is -0.467. The van der Waals surface area contributed by atoms with Gasteiger partial charge in [-0.15, -0.1) is 0 Å². The van der Waals surface area contributed by atoms with Gasteiger partial charge in [0.25, 0.3) is 5.91 Å². The molecular formula is C14H12BrFN2O. The number of amides is 1. The molecule has 5 heteroatoms. The molecule has 0 spiro atoms. The Morgan fingerprint density at radius 2 is 2.16 bits per heavy atom. The van der Waals surface area contributed by atoms with Crippen LogP contribution in [0.2, 0.25) is 0 Å². The Hall–Kier alpha value is -1.75. The number of halogens is 2. The van der Waals surface area contributed by atoms with Crippen molar-refractivity contribution in [3.8, 4) is 0 Å². The Balaban J connectivity index is 2.14. The highest BCUT2D eigenvalue weighted by Crippen LogP contribution is 2.16. The summed E-state index contributed by atoms with van der Waals surface area (Å²) >= 11 is 3.24. The maximum atomic E-state index is 13.1. The molecule has 0 N–H and O–H groups in total. The molecule has 0 saturated heterocycles. The fraction of sp³-hybridized carbons (Fsp3) is 0.143. The maximum absolute atomic E-state index is 13.1. The zero-order valence-electron chi connectivity index (χ0n) is 10.3. The van der Waals surface area contributed by atoms with E-state index in [0.29, 0.717) is 16.7 Å². The second-order valence-electron chi connectivity index (χ2n) is 4.13. The van der Waals surface area contributed by atoms with Gasteiger partial charge in [0, 0.05) is 19.8 Å². The third-order valence-electron chi connectivity index (χ3n) is 2.64. The van der Waals surface area contributed by atoms with E-state index in [4.69, 9.17) is 0 Å². The number of carbonyl (C=O) groups excluding carboxylic acids is 1. The summed E-state index contributed by atoms with van der Waals surface area (Å²) in [7, 11) is 1.67. The largest absolute Gasteiger partial charge is 0.337 e. The lowest BCUT2D eigenvalue weighted by Gasteiger charge is -2.17. The zero-order valence-corrected chi connectivity index (χ0v) is 11.9. The van der Waals surface area contributed by atoms with Crippen molar-refractivity contribution in [1.82, 2.24) is 9.88 Å². The van der Waals surface area contributed by atoms with Gasteiger partial charge in [-0.05, 0) is 45.8 Å². The molecule has 2 aromatic rings. The number of nitrogens with zero attached hydrogens (tertiary/aromatic N) is 2. The molecule has 0 aliphatic carbocycles. The zero-order chi connectivity index (χ0) is 13.8. The van der Waals surface area contributed by atoms with E-state index in [1.807, 2.05) is 0 Å². The van der Waals surface area contributed by atoms with Crippen LogP contribution in [-0.2, 0) is 6.54 Å². The minimum absolute atomic E-state index is 0.163. The quantitative estimate of drug-likeness (QED) is 0.813. The van der Waals surface area contributed by atoms with Crippen LogP contribution in [0.4, 0.5) is 4.39 Å². The van der Waals surface area contributed by atoms with Gasteiger partial charge in [0.1, 0.15) is 10.4 Å². The van der Waals surface area contributed by atoms with E-state index in [-0.39, 0.29) is 11.7 Å². The number of hydrogen-bond acceptors (Lipinski definition) is 2. The van der Waals surface area contributed by atoms with Crippen molar-refractivity contribution in [1.29, 1.82) is 0 Å². The molecule has 0 bridgehead atoms. The molecule has 98 valence electrons. The first kappa shape index (κ1) is 13.7. The van der Waals surface area contributed by atoms with Gasteiger partial charge in [0.2, 0.25) is 0 Å². The first-order chi connectivity index (χ1) is 9.08. The van der Waals surface area contributed by atoms with Crippen LogP contribution >= 0.6 is 15.9 Å². The molecule has 0 atom stereocenters. The maximum Gasteiger partial charge on any atom is 0.256 e. The number of rotatable bonds is 3. The lowest BCUT2D eigenvalue weighted by atomic mass is 10.2. The lowest BCUT2D eigenvalue weighted by molar-refractivity contribution is 0.0783. The van der Waals surface area contributed by atoms with Crippen LogP contribution in [0.5, 0.6) is 0 Å². The monoisotopic (exact) mass is 322 g/mol. The summed E-state index contributed by atoms with van der Waals surface area (Å²) in [4.78, 5) is 17.8. The van der Waals surface area contributed by atoms with Crippen LogP contribution < -0.4 is 0 Å². The van der Waals surface area contributed by atoms with Crippen molar-refractivity contribution in [2.75, 3.05) is 7.05 Å². The summed E-state index contributed by atoms with van der Waals surface area (Å²) in [5.41, 5.74) is 1.23. The standard InChI is InChI=1S/C14H12BrFN2O/c1-18(9-10-4-2-5-11(16)8-10)14(19)12-6-3-7-17-13(12)15/h2-8H,9H2,1H3. The average Bonchev–Trinajstić information content (AvgIpc) is 2.38. The first-order valence-corrected chi connectivity index (χ1v) is 6.47. The topological polar surface area (TPSA) is 33.2 Å². The molecule has 2 rings (SSSR count). The molecule has 0 radical (unpaired) electrons. The van der Waals surface area contributed by atoms with Crippen molar-refractivity contribution >= 4 is 21.8 Å². The Bertz CT molecular complexity index is 604. The van der Waals surface area contributed by atoms with Crippen LogP contribution in [0.3, 0.4) is 0 Å². The molecule has 1 aromatic heterocycles. The van der Waals surface area contributed by atoms with Gasteiger partial charge >= 0.3 is 0 Å². The molecule has 1 heterocycles. The van der Waals surface area contributed by atoms with Crippen LogP contribution in [0, 0.1) is 5.82 Å². The summed E-state index contributed by atoms with van der Waals surface area (Å²) < 4.78 is 13.6. The smallest absolute Gasteiger partial charge is 0.256 e. The van der Waals surface area contributed by atoms with Gasteiger partial charge in [-0.2, -0.15) is 0 Å². The molecular weight excluding hydrogens is 311 g/mol. The summed E-state index contributed by atoms with van der Waals surface area (Å²) in [6.07, 6.45) is 1.60. The number of carbonyl (C=O) groups is 1. The Kier molecular flexibility index (Phi) is 4.27. The molecule has 1 aromatic carbocycles. The molecule has 0 saturated carbocycles. The van der Waals surface area contributed by atoms with Gasteiger partial charge in [-0.3, -0.25) is 4.79 Å². The van der Waals surface area contributed by atoms with E-state index in [9.17, 15) is 9.18 Å². The fourth-order valence-electron chi connectivity index (χ4n) is 1.73. The molecule has 0 aliphatic rings. The predicted molar refractivity (Wildman–Crippen MR) is 74.1 cm³/mol. The third-order valence-corrected chi connectivity index (χ3v) is 3.28. The Labute approximate surface area is 119 Å². The van der Waals surface area contributed by atoms with E-state index in [2.05, 4.69) is 20.9 Å².